The van der Waals surface area contributed by atoms with Gasteiger partial charge in [-0.1, -0.05) is 63.3 Å². The molecule has 156 valence electrons. The van der Waals surface area contributed by atoms with Crippen molar-refractivity contribution in [2.45, 2.75) is 78.3 Å². The number of hydrogen-bond donors (Lipinski definition) is 0. The summed E-state index contributed by atoms with van der Waals surface area (Å²) in [5.74, 6) is 6.76. The third kappa shape index (κ3) is 11.5. The van der Waals surface area contributed by atoms with Crippen molar-refractivity contribution in [3.63, 3.8) is 0 Å². The second-order valence-electron chi connectivity index (χ2n) is 9.29. The van der Waals surface area contributed by atoms with Crippen molar-refractivity contribution in [3.05, 3.63) is 35.1 Å². The first-order chi connectivity index (χ1) is 13.4. The maximum atomic E-state index is 11.4. The molecule has 0 radical (unpaired) electrons. The van der Waals surface area contributed by atoms with Crippen LogP contribution in [0.15, 0.2) is 35.1 Å². The van der Waals surface area contributed by atoms with E-state index in [1.54, 1.807) is 0 Å². The van der Waals surface area contributed by atoms with Gasteiger partial charge in [-0.25, -0.2) is 0 Å². The van der Waals surface area contributed by atoms with Crippen molar-refractivity contribution >= 4 is 27.9 Å². The number of carbonyl (C=O) groups is 2. The number of Topliss-reactive ketones (excluding diaryl/α,β-unsaturated/α-hetero) is 1. The van der Waals surface area contributed by atoms with Crippen LogP contribution >= 0.6 is 0 Å². The Bertz CT molecular complexity index is 839. The fourth-order valence-corrected chi connectivity index (χ4v) is 3.42. The Hall–Kier alpha value is -2.09. The van der Waals surface area contributed by atoms with Crippen LogP contribution in [-0.4, -0.2) is 27.9 Å². The van der Waals surface area contributed by atoms with Gasteiger partial charge >= 0.3 is 5.97 Å². The van der Waals surface area contributed by atoms with E-state index >= 15 is 0 Å². The maximum absolute atomic E-state index is 11.4. The lowest BCUT2D eigenvalue weighted by molar-refractivity contribution is -0.136. The molecular formula is C24H34O3Si2. The average molecular weight is 427 g/mol. The second-order valence-corrected chi connectivity index (χ2v) is 18.8. The summed E-state index contributed by atoms with van der Waals surface area (Å²) in [5.41, 5.74) is 8.13. The van der Waals surface area contributed by atoms with E-state index in [1.165, 1.54) is 6.92 Å². The van der Waals surface area contributed by atoms with Gasteiger partial charge in [-0.3, -0.25) is 9.59 Å². The fraction of sp³-hybridized carbons (Fsp3) is 0.500. The lowest BCUT2D eigenvalue weighted by Crippen LogP contribution is -2.17. The SMILES string of the molecule is CC(=O)OC1=CCCC=C1C#C[Si](C)(C)C.C[Si](C)(C)C#CC1=CCCCC1=O. The van der Waals surface area contributed by atoms with Crippen LogP contribution in [0.3, 0.4) is 0 Å². The third-order valence-electron chi connectivity index (χ3n) is 3.77. The molecule has 0 bridgehead atoms. The summed E-state index contributed by atoms with van der Waals surface area (Å²) in [5, 5.41) is 0. The normalized spacial score (nSPS) is 16.4. The van der Waals surface area contributed by atoms with E-state index in [9.17, 15) is 9.59 Å². The lowest BCUT2D eigenvalue weighted by atomic mass is 9.99. The minimum absolute atomic E-state index is 0.233. The third-order valence-corrected chi connectivity index (χ3v) is 5.52. The smallest absolute Gasteiger partial charge is 0.308 e. The van der Waals surface area contributed by atoms with Gasteiger partial charge in [-0.2, -0.15) is 0 Å². The molecule has 0 atom stereocenters. The zero-order valence-electron chi connectivity index (χ0n) is 19.0. The molecule has 29 heavy (non-hydrogen) atoms. The molecule has 0 unspecified atom stereocenters. The summed E-state index contributed by atoms with van der Waals surface area (Å²) in [6, 6.07) is 0. The number of ether oxygens (including phenoxy) is 1. The Morgan fingerprint density at radius 2 is 1.38 bits per heavy atom. The summed E-state index contributed by atoms with van der Waals surface area (Å²) in [4.78, 5) is 22.3. The first-order valence-electron chi connectivity index (χ1n) is 10.3. The Morgan fingerprint density at radius 3 is 1.90 bits per heavy atom. The minimum atomic E-state index is -1.38. The first kappa shape index (κ1) is 25.0. The van der Waals surface area contributed by atoms with E-state index in [-0.39, 0.29) is 11.8 Å². The van der Waals surface area contributed by atoms with Crippen molar-refractivity contribution in [1.82, 2.24) is 0 Å². The molecule has 0 spiro atoms. The van der Waals surface area contributed by atoms with Gasteiger partial charge < -0.3 is 4.74 Å². The standard InChI is InChI=1S/C13H18O2Si.C11H16OSi/c1-11(14)15-13-8-6-5-7-12(13)9-10-16(2,3)4;1-13(2,3)9-8-10-6-4-5-7-11(10)12/h7-8H,5-6H2,1-4H3;6H,4-5,7H2,1-3H3. The molecule has 0 aromatic carbocycles. The molecule has 0 fully saturated rings. The van der Waals surface area contributed by atoms with Gasteiger partial charge in [-0.15, -0.1) is 11.1 Å². The zero-order valence-corrected chi connectivity index (χ0v) is 21.0. The molecule has 0 aliphatic heterocycles. The molecule has 0 saturated carbocycles. The quantitative estimate of drug-likeness (QED) is 0.312. The largest absolute Gasteiger partial charge is 0.426 e. The van der Waals surface area contributed by atoms with Crippen LogP contribution in [0.25, 0.3) is 0 Å². The van der Waals surface area contributed by atoms with E-state index in [0.29, 0.717) is 12.2 Å². The second kappa shape index (κ2) is 11.2. The maximum Gasteiger partial charge on any atom is 0.308 e. The van der Waals surface area contributed by atoms with Crippen molar-refractivity contribution in [3.8, 4) is 22.9 Å². The molecule has 0 saturated heterocycles. The molecule has 5 heteroatoms. The van der Waals surface area contributed by atoms with Crippen LogP contribution in [0.5, 0.6) is 0 Å². The Balaban J connectivity index is 0.000000296. The fourth-order valence-electron chi connectivity index (χ4n) is 2.40. The molecule has 0 N–H and O–H groups in total. The van der Waals surface area contributed by atoms with E-state index in [2.05, 4.69) is 62.2 Å². The number of ketones is 1. The van der Waals surface area contributed by atoms with Gasteiger partial charge in [0.25, 0.3) is 0 Å². The highest BCUT2D eigenvalue weighted by atomic mass is 28.3. The monoisotopic (exact) mass is 426 g/mol. The molecule has 0 amide bonds. The van der Waals surface area contributed by atoms with Gasteiger partial charge in [0.2, 0.25) is 0 Å². The van der Waals surface area contributed by atoms with E-state index < -0.39 is 16.1 Å². The van der Waals surface area contributed by atoms with Gasteiger partial charge in [0.15, 0.2) is 5.78 Å². The Morgan fingerprint density at radius 1 is 0.862 bits per heavy atom. The highest BCUT2D eigenvalue weighted by Crippen LogP contribution is 2.19. The van der Waals surface area contributed by atoms with Crippen LogP contribution in [-0.2, 0) is 14.3 Å². The molecule has 2 aliphatic carbocycles. The van der Waals surface area contributed by atoms with Crippen molar-refractivity contribution in [2.75, 3.05) is 0 Å². The van der Waals surface area contributed by atoms with Crippen LogP contribution in [0.4, 0.5) is 0 Å². The summed E-state index contributed by atoms with van der Waals surface area (Å²) in [7, 11) is -2.71. The number of carbonyl (C=O) groups excluding carboxylic acids is 2. The lowest BCUT2D eigenvalue weighted by Gasteiger charge is -2.11. The van der Waals surface area contributed by atoms with E-state index in [0.717, 1.165) is 36.8 Å². The van der Waals surface area contributed by atoms with Crippen molar-refractivity contribution < 1.29 is 14.3 Å². The average Bonchev–Trinajstić information content (AvgIpc) is 2.59. The number of rotatable bonds is 1. The van der Waals surface area contributed by atoms with Crippen LogP contribution < -0.4 is 0 Å². The predicted octanol–water partition coefficient (Wildman–Crippen LogP) is 5.58. The summed E-state index contributed by atoms with van der Waals surface area (Å²) >= 11 is 0. The predicted molar refractivity (Wildman–Crippen MR) is 126 cm³/mol. The molecule has 2 aliphatic rings. The molecular weight excluding hydrogens is 392 g/mol. The van der Waals surface area contributed by atoms with Gasteiger partial charge in [0.05, 0.1) is 11.1 Å². The molecule has 0 aromatic heterocycles. The van der Waals surface area contributed by atoms with Gasteiger partial charge in [0.1, 0.15) is 21.9 Å². The number of esters is 1. The summed E-state index contributed by atoms with van der Waals surface area (Å²) in [6.45, 7) is 14.6. The highest BCUT2D eigenvalue weighted by Gasteiger charge is 2.14. The summed E-state index contributed by atoms with van der Waals surface area (Å²) in [6.07, 6.45) is 10.6. The number of hydrogen-bond acceptors (Lipinski definition) is 3. The zero-order chi connectivity index (χ0) is 22.1. The van der Waals surface area contributed by atoms with Gasteiger partial charge in [0, 0.05) is 13.3 Å². The van der Waals surface area contributed by atoms with E-state index in [4.69, 9.17) is 4.74 Å². The van der Waals surface area contributed by atoms with Crippen molar-refractivity contribution in [2.24, 2.45) is 0 Å². The topological polar surface area (TPSA) is 43.4 Å². The molecule has 0 heterocycles. The van der Waals surface area contributed by atoms with Crippen LogP contribution in [0, 0.1) is 22.9 Å². The molecule has 0 aromatic rings. The molecule has 3 nitrogen and oxygen atoms in total. The first-order valence-corrected chi connectivity index (χ1v) is 17.3. The summed E-state index contributed by atoms with van der Waals surface area (Å²) < 4.78 is 5.14. The molecule has 2 rings (SSSR count). The minimum Gasteiger partial charge on any atom is -0.426 e. The van der Waals surface area contributed by atoms with Gasteiger partial charge in [-0.05, 0) is 31.8 Å². The Kier molecular flexibility index (Phi) is 9.63. The van der Waals surface area contributed by atoms with E-state index in [1.807, 2.05) is 18.2 Å². The van der Waals surface area contributed by atoms with Crippen LogP contribution in [0.2, 0.25) is 39.3 Å². The van der Waals surface area contributed by atoms with Crippen LogP contribution in [0.1, 0.15) is 39.0 Å². The number of allylic oxidation sites excluding steroid dienone is 5. The van der Waals surface area contributed by atoms with Crippen molar-refractivity contribution in [1.29, 1.82) is 0 Å². The Labute approximate surface area is 178 Å². The highest BCUT2D eigenvalue weighted by molar-refractivity contribution is 6.84.